The molecule has 0 aromatic heterocycles. The normalized spacial score (nSPS) is 14.5. The van der Waals surface area contributed by atoms with Gasteiger partial charge in [0.1, 0.15) is 0 Å². The standard InChI is InChI=1S/C12H24F3N3O.HI/c1-11(2,3)9(19-5)8-18-10(16-4)17-7-6-12(13,14)15;/h9H,6-8H2,1-5H3,(H2,16,17,18);1H. The molecule has 0 heterocycles. The van der Waals surface area contributed by atoms with Gasteiger partial charge in [-0.15, -0.1) is 24.0 Å². The van der Waals surface area contributed by atoms with Gasteiger partial charge in [0.15, 0.2) is 5.96 Å². The van der Waals surface area contributed by atoms with E-state index in [2.05, 4.69) is 15.6 Å². The zero-order valence-corrected chi connectivity index (χ0v) is 14.9. The van der Waals surface area contributed by atoms with E-state index in [9.17, 15) is 13.2 Å². The number of nitrogens with one attached hydrogen (secondary N) is 2. The molecule has 0 aliphatic carbocycles. The Morgan fingerprint density at radius 2 is 1.75 bits per heavy atom. The highest BCUT2D eigenvalue weighted by Gasteiger charge is 2.27. The molecule has 0 rings (SSSR count). The van der Waals surface area contributed by atoms with Crippen LogP contribution in [0, 0.1) is 5.41 Å². The molecule has 1 atom stereocenters. The summed E-state index contributed by atoms with van der Waals surface area (Å²) in [6.45, 7) is 6.37. The molecule has 0 spiro atoms. The van der Waals surface area contributed by atoms with Gasteiger partial charge in [-0.1, -0.05) is 20.8 Å². The van der Waals surface area contributed by atoms with Crippen molar-refractivity contribution >= 4 is 29.9 Å². The molecule has 0 aliphatic rings. The van der Waals surface area contributed by atoms with Crippen molar-refractivity contribution in [2.75, 3.05) is 27.2 Å². The molecular weight excluding hydrogens is 386 g/mol. The van der Waals surface area contributed by atoms with Crippen LogP contribution in [-0.4, -0.2) is 45.5 Å². The predicted octanol–water partition coefficient (Wildman–Crippen LogP) is 2.78. The minimum absolute atomic E-state index is 0. The van der Waals surface area contributed by atoms with Gasteiger partial charge >= 0.3 is 6.18 Å². The second kappa shape index (κ2) is 9.64. The van der Waals surface area contributed by atoms with Crippen molar-refractivity contribution in [3.05, 3.63) is 0 Å². The van der Waals surface area contributed by atoms with Crippen molar-refractivity contribution < 1.29 is 17.9 Å². The van der Waals surface area contributed by atoms with Crippen molar-refractivity contribution in [1.29, 1.82) is 0 Å². The lowest BCUT2D eigenvalue weighted by Gasteiger charge is -2.30. The molecule has 0 radical (unpaired) electrons. The Bertz CT molecular complexity index is 291. The average molecular weight is 411 g/mol. The van der Waals surface area contributed by atoms with Gasteiger partial charge in [0.25, 0.3) is 0 Å². The van der Waals surface area contributed by atoms with Gasteiger partial charge in [-0.05, 0) is 5.41 Å². The largest absolute Gasteiger partial charge is 0.390 e. The number of aliphatic imine (C=N–C) groups is 1. The van der Waals surface area contributed by atoms with Crippen LogP contribution in [0.4, 0.5) is 13.2 Å². The van der Waals surface area contributed by atoms with Gasteiger partial charge in [0.05, 0.1) is 12.5 Å². The number of ether oxygens (including phenoxy) is 1. The van der Waals surface area contributed by atoms with E-state index in [-0.39, 0.29) is 42.0 Å². The van der Waals surface area contributed by atoms with E-state index in [1.807, 2.05) is 20.8 Å². The van der Waals surface area contributed by atoms with Gasteiger partial charge in [0.2, 0.25) is 0 Å². The molecule has 0 amide bonds. The van der Waals surface area contributed by atoms with Crippen LogP contribution in [0.15, 0.2) is 4.99 Å². The number of halogens is 4. The fraction of sp³-hybridized carbons (Fsp3) is 0.917. The lowest BCUT2D eigenvalue weighted by molar-refractivity contribution is -0.132. The maximum absolute atomic E-state index is 12.0. The first-order valence-electron chi connectivity index (χ1n) is 6.14. The van der Waals surface area contributed by atoms with Crippen LogP contribution in [0.3, 0.4) is 0 Å². The van der Waals surface area contributed by atoms with Gasteiger partial charge in [-0.25, -0.2) is 0 Å². The third-order valence-corrected chi connectivity index (χ3v) is 2.63. The summed E-state index contributed by atoms with van der Waals surface area (Å²) < 4.78 is 41.4. The van der Waals surface area contributed by atoms with Crippen molar-refractivity contribution in [1.82, 2.24) is 10.6 Å². The van der Waals surface area contributed by atoms with E-state index >= 15 is 0 Å². The zero-order chi connectivity index (χ0) is 15.1. The van der Waals surface area contributed by atoms with Crippen LogP contribution in [-0.2, 0) is 4.74 Å². The number of hydrogen-bond acceptors (Lipinski definition) is 2. The number of nitrogens with zero attached hydrogens (tertiary/aromatic N) is 1. The molecule has 0 fully saturated rings. The fourth-order valence-corrected chi connectivity index (χ4v) is 1.48. The summed E-state index contributed by atoms with van der Waals surface area (Å²) in [5, 5.41) is 5.58. The fourth-order valence-electron chi connectivity index (χ4n) is 1.48. The third kappa shape index (κ3) is 10.5. The number of rotatable bonds is 5. The number of guanidine groups is 1. The minimum Gasteiger partial charge on any atom is -0.379 e. The highest BCUT2D eigenvalue weighted by Crippen LogP contribution is 2.21. The molecule has 8 heteroatoms. The molecule has 0 aliphatic heterocycles. The summed E-state index contributed by atoms with van der Waals surface area (Å²) in [4.78, 5) is 3.87. The monoisotopic (exact) mass is 411 g/mol. The first-order valence-corrected chi connectivity index (χ1v) is 6.14. The lowest BCUT2D eigenvalue weighted by atomic mass is 9.89. The molecule has 0 aromatic rings. The number of hydrogen-bond donors (Lipinski definition) is 2. The molecule has 0 saturated heterocycles. The van der Waals surface area contributed by atoms with Gasteiger partial charge in [-0.2, -0.15) is 13.2 Å². The quantitative estimate of drug-likeness (QED) is 0.416. The molecule has 0 saturated carbocycles. The van der Waals surface area contributed by atoms with Crippen LogP contribution >= 0.6 is 24.0 Å². The van der Waals surface area contributed by atoms with Crippen LogP contribution < -0.4 is 10.6 Å². The Balaban J connectivity index is 0. The van der Waals surface area contributed by atoms with Crippen LogP contribution in [0.1, 0.15) is 27.2 Å². The van der Waals surface area contributed by atoms with E-state index in [1.54, 1.807) is 7.11 Å². The van der Waals surface area contributed by atoms with E-state index < -0.39 is 12.6 Å². The Kier molecular flexibility index (Phi) is 10.6. The first kappa shape index (κ1) is 22.0. The molecular formula is C12H25F3IN3O. The lowest BCUT2D eigenvalue weighted by Crippen LogP contribution is -2.45. The minimum atomic E-state index is -4.16. The SMILES string of the molecule is CN=C(NCCC(F)(F)F)NCC(OC)C(C)(C)C.I. The maximum atomic E-state index is 12.0. The zero-order valence-electron chi connectivity index (χ0n) is 12.6. The van der Waals surface area contributed by atoms with Crippen LogP contribution in [0.25, 0.3) is 0 Å². The Morgan fingerprint density at radius 1 is 1.20 bits per heavy atom. The second-order valence-corrected chi connectivity index (χ2v) is 5.34. The summed E-state index contributed by atoms with van der Waals surface area (Å²) in [6.07, 6.45) is -5.11. The number of methoxy groups -OCH3 is 1. The van der Waals surface area contributed by atoms with E-state index in [1.165, 1.54) is 7.05 Å². The highest BCUT2D eigenvalue weighted by atomic mass is 127. The molecule has 122 valence electrons. The average Bonchev–Trinajstić information content (AvgIpc) is 2.24. The Morgan fingerprint density at radius 3 is 2.10 bits per heavy atom. The van der Waals surface area contributed by atoms with Crippen LogP contribution in [0.2, 0.25) is 0 Å². The molecule has 1 unspecified atom stereocenters. The summed E-state index contributed by atoms with van der Waals surface area (Å²) in [5.74, 6) is 0.343. The first-order chi connectivity index (χ1) is 8.60. The smallest absolute Gasteiger partial charge is 0.379 e. The van der Waals surface area contributed by atoms with Crippen molar-refractivity contribution in [2.45, 2.75) is 39.5 Å². The topological polar surface area (TPSA) is 45.7 Å². The highest BCUT2D eigenvalue weighted by molar-refractivity contribution is 14.0. The third-order valence-electron chi connectivity index (χ3n) is 2.63. The summed E-state index contributed by atoms with van der Waals surface area (Å²) in [7, 11) is 3.12. The molecule has 4 nitrogen and oxygen atoms in total. The summed E-state index contributed by atoms with van der Waals surface area (Å²) in [6, 6.07) is 0. The second-order valence-electron chi connectivity index (χ2n) is 5.34. The van der Waals surface area contributed by atoms with Crippen LogP contribution in [0.5, 0.6) is 0 Å². The summed E-state index contributed by atoms with van der Waals surface area (Å²) >= 11 is 0. The van der Waals surface area contributed by atoms with E-state index in [0.717, 1.165) is 0 Å². The Hall–Kier alpha value is -0.250. The summed E-state index contributed by atoms with van der Waals surface area (Å²) in [5.41, 5.74) is -0.0629. The van der Waals surface area contributed by atoms with Crippen molar-refractivity contribution in [3.8, 4) is 0 Å². The predicted molar refractivity (Wildman–Crippen MR) is 85.7 cm³/mol. The van der Waals surface area contributed by atoms with Crippen molar-refractivity contribution in [2.24, 2.45) is 10.4 Å². The van der Waals surface area contributed by atoms with Gasteiger partial charge < -0.3 is 15.4 Å². The van der Waals surface area contributed by atoms with E-state index in [0.29, 0.717) is 12.5 Å². The van der Waals surface area contributed by atoms with E-state index in [4.69, 9.17) is 4.74 Å². The molecule has 0 bridgehead atoms. The van der Waals surface area contributed by atoms with Gasteiger partial charge in [0, 0.05) is 27.2 Å². The maximum Gasteiger partial charge on any atom is 0.390 e. The molecule has 0 aromatic carbocycles. The molecule has 20 heavy (non-hydrogen) atoms. The number of alkyl halides is 3. The molecule has 2 N–H and O–H groups in total. The van der Waals surface area contributed by atoms with Crippen molar-refractivity contribution in [3.63, 3.8) is 0 Å². The Labute approximate surface area is 136 Å². The van der Waals surface area contributed by atoms with Gasteiger partial charge in [-0.3, -0.25) is 4.99 Å².